The number of hydrogen-bond acceptors (Lipinski definition) is 3. The normalized spacial score (nSPS) is 20.8. The minimum absolute atomic E-state index is 0.0561. The Morgan fingerprint density at radius 1 is 1.18 bits per heavy atom. The molecule has 3 rings (SSSR count). The molecule has 1 aromatic carbocycles. The molecule has 0 saturated carbocycles. The van der Waals surface area contributed by atoms with Gasteiger partial charge in [-0.25, -0.2) is 0 Å². The Labute approximate surface area is 130 Å². The first-order valence-corrected chi connectivity index (χ1v) is 7.76. The molecule has 2 aliphatic rings. The molecule has 0 aliphatic carbocycles. The third kappa shape index (κ3) is 2.99. The van der Waals surface area contributed by atoms with Crippen molar-refractivity contribution in [2.24, 2.45) is 0 Å². The van der Waals surface area contributed by atoms with E-state index in [1.165, 1.54) is 0 Å². The number of carbonyl (C=O) groups excluding carboxylic acids is 2. The van der Waals surface area contributed by atoms with Crippen LogP contribution in [0.25, 0.3) is 0 Å². The molecule has 1 spiro atoms. The van der Waals surface area contributed by atoms with Crippen LogP contribution in [0.2, 0.25) is 0 Å². The molecular weight excluding hydrogens is 280 g/mol. The molecule has 2 aliphatic heterocycles. The summed E-state index contributed by atoms with van der Waals surface area (Å²) in [6.07, 6.45) is 1.54. The van der Waals surface area contributed by atoms with Gasteiger partial charge in [-0.2, -0.15) is 0 Å². The SMILES string of the molecule is Cc1cc(C)cc(C(=O)N2CCC3(CC2)CNC(=O)CO3)c1. The maximum absolute atomic E-state index is 12.6. The predicted octanol–water partition coefficient (Wildman–Crippen LogP) is 1.42. The van der Waals surface area contributed by atoms with Crippen LogP contribution in [0.15, 0.2) is 18.2 Å². The Bertz CT molecular complexity index is 572. The number of hydrogen-bond donors (Lipinski definition) is 1. The first-order valence-electron chi connectivity index (χ1n) is 7.76. The molecule has 5 nitrogen and oxygen atoms in total. The number of nitrogens with one attached hydrogen (secondary N) is 1. The molecular formula is C17H22N2O3. The highest BCUT2D eigenvalue weighted by Crippen LogP contribution is 2.28. The van der Waals surface area contributed by atoms with Crippen molar-refractivity contribution in [2.75, 3.05) is 26.2 Å². The van der Waals surface area contributed by atoms with Gasteiger partial charge in [0.25, 0.3) is 5.91 Å². The standard InChI is InChI=1S/C17H22N2O3/c1-12-7-13(2)9-14(8-12)16(21)19-5-3-17(4-6-19)11-18-15(20)10-22-17/h7-9H,3-6,10-11H2,1-2H3,(H,18,20). The molecule has 2 saturated heterocycles. The van der Waals surface area contributed by atoms with Gasteiger partial charge in [-0.1, -0.05) is 17.2 Å². The smallest absolute Gasteiger partial charge is 0.253 e. The molecule has 2 heterocycles. The first kappa shape index (κ1) is 15.0. The fourth-order valence-corrected chi connectivity index (χ4v) is 3.30. The highest BCUT2D eigenvalue weighted by Gasteiger charge is 2.40. The zero-order valence-corrected chi connectivity index (χ0v) is 13.1. The summed E-state index contributed by atoms with van der Waals surface area (Å²) < 4.78 is 5.74. The van der Waals surface area contributed by atoms with Crippen LogP contribution in [-0.4, -0.2) is 48.6 Å². The number of ether oxygens (including phenoxy) is 1. The van der Waals surface area contributed by atoms with E-state index in [9.17, 15) is 9.59 Å². The third-order valence-corrected chi connectivity index (χ3v) is 4.55. The summed E-state index contributed by atoms with van der Waals surface area (Å²) in [5, 5.41) is 2.87. The molecule has 1 N–H and O–H groups in total. The van der Waals surface area contributed by atoms with E-state index in [0.29, 0.717) is 19.6 Å². The number of amides is 2. The van der Waals surface area contributed by atoms with Gasteiger partial charge in [-0.05, 0) is 38.8 Å². The van der Waals surface area contributed by atoms with E-state index in [0.717, 1.165) is 29.5 Å². The minimum Gasteiger partial charge on any atom is -0.363 e. The Balaban J connectivity index is 1.66. The van der Waals surface area contributed by atoms with E-state index in [-0.39, 0.29) is 24.0 Å². The van der Waals surface area contributed by atoms with Crippen molar-refractivity contribution in [3.8, 4) is 0 Å². The van der Waals surface area contributed by atoms with Crippen LogP contribution in [0, 0.1) is 13.8 Å². The molecule has 2 amide bonds. The van der Waals surface area contributed by atoms with E-state index in [1.54, 1.807) is 0 Å². The van der Waals surface area contributed by atoms with Crippen LogP contribution in [-0.2, 0) is 9.53 Å². The van der Waals surface area contributed by atoms with Gasteiger partial charge in [-0.3, -0.25) is 9.59 Å². The zero-order valence-electron chi connectivity index (χ0n) is 13.1. The lowest BCUT2D eigenvalue weighted by Crippen LogP contribution is -2.58. The lowest BCUT2D eigenvalue weighted by Gasteiger charge is -2.43. The van der Waals surface area contributed by atoms with Crippen LogP contribution in [0.3, 0.4) is 0 Å². The summed E-state index contributed by atoms with van der Waals surface area (Å²) in [6, 6.07) is 5.95. The average Bonchev–Trinajstić information content (AvgIpc) is 2.50. The Morgan fingerprint density at radius 3 is 2.36 bits per heavy atom. The van der Waals surface area contributed by atoms with Crippen LogP contribution in [0.4, 0.5) is 0 Å². The van der Waals surface area contributed by atoms with E-state index < -0.39 is 0 Å². The van der Waals surface area contributed by atoms with Crippen molar-refractivity contribution in [2.45, 2.75) is 32.3 Å². The van der Waals surface area contributed by atoms with Crippen LogP contribution in [0.1, 0.15) is 34.3 Å². The van der Waals surface area contributed by atoms with Gasteiger partial charge in [0, 0.05) is 25.2 Å². The molecule has 0 unspecified atom stereocenters. The highest BCUT2D eigenvalue weighted by molar-refractivity contribution is 5.94. The largest absolute Gasteiger partial charge is 0.363 e. The van der Waals surface area contributed by atoms with Crippen molar-refractivity contribution >= 4 is 11.8 Å². The monoisotopic (exact) mass is 302 g/mol. The second-order valence-electron chi connectivity index (χ2n) is 6.42. The van der Waals surface area contributed by atoms with E-state index >= 15 is 0 Å². The molecule has 1 aromatic rings. The number of nitrogens with zero attached hydrogens (tertiary/aromatic N) is 1. The lowest BCUT2D eigenvalue weighted by atomic mass is 9.89. The molecule has 0 bridgehead atoms. The summed E-state index contributed by atoms with van der Waals surface area (Å²) in [7, 11) is 0. The third-order valence-electron chi connectivity index (χ3n) is 4.55. The molecule has 0 aromatic heterocycles. The quantitative estimate of drug-likeness (QED) is 0.853. The van der Waals surface area contributed by atoms with Gasteiger partial charge in [-0.15, -0.1) is 0 Å². The molecule has 5 heteroatoms. The van der Waals surface area contributed by atoms with Gasteiger partial charge in [0.1, 0.15) is 6.61 Å². The first-order chi connectivity index (χ1) is 10.5. The molecule has 118 valence electrons. The van der Waals surface area contributed by atoms with Crippen molar-refractivity contribution in [1.29, 1.82) is 0 Å². The van der Waals surface area contributed by atoms with Crippen molar-refractivity contribution in [3.63, 3.8) is 0 Å². The molecule has 0 radical (unpaired) electrons. The zero-order chi connectivity index (χ0) is 15.7. The predicted molar refractivity (Wildman–Crippen MR) is 82.7 cm³/mol. The van der Waals surface area contributed by atoms with Gasteiger partial charge < -0.3 is 15.0 Å². The summed E-state index contributed by atoms with van der Waals surface area (Å²) in [6.45, 7) is 6.03. The Kier molecular flexibility index (Phi) is 3.91. The lowest BCUT2D eigenvalue weighted by molar-refractivity contribution is -0.149. The number of likely N-dealkylation sites (tertiary alicyclic amines) is 1. The van der Waals surface area contributed by atoms with Gasteiger partial charge in [0.15, 0.2) is 0 Å². The van der Waals surface area contributed by atoms with Crippen LogP contribution < -0.4 is 5.32 Å². The summed E-state index contributed by atoms with van der Waals surface area (Å²) >= 11 is 0. The number of morpholine rings is 1. The Hall–Kier alpha value is -1.88. The van der Waals surface area contributed by atoms with Crippen LogP contribution in [0.5, 0.6) is 0 Å². The van der Waals surface area contributed by atoms with Gasteiger partial charge in [0.2, 0.25) is 5.91 Å². The van der Waals surface area contributed by atoms with E-state index in [1.807, 2.05) is 30.9 Å². The second-order valence-corrected chi connectivity index (χ2v) is 6.42. The molecule has 0 atom stereocenters. The average molecular weight is 302 g/mol. The second kappa shape index (κ2) is 5.72. The Morgan fingerprint density at radius 2 is 1.82 bits per heavy atom. The van der Waals surface area contributed by atoms with Crippen molar-refractivity contribution < 1.29 is 14.3 Å². The number of benzene rings is 1. The highest BCUT2D eigenvalue weighted by atomic mass is 16.5. The fourth-order valence-electron chi connectivity index (χ4n) is 3.30. The molecule has 22 heavy (non-hydrogen) atoms. The number of aryl methyl sites for hydroxylation is 2. The maximum Gasteiger partial charge on any atom is 0.253 e. The molecule has 2 fully saturated rings. The topological polar surface area (TPSA) is 58.6 Å². The van der Waals surface area contributed by atoms with Crippen molar-refractivity contribution in [3.05, 3.63) is 34.9 Å². The van der Waals surface area contributed by atoms with Crippen molar-refractivity contribution in [1.82, 2.24) is 10.2 Å². The number of carbonyl (C=O) groups is 2. The van der Waals surface area contributed by atoms with E-state index in [4.69, 9.17) is 4.74 Å². The summed E-state index contributed by atoms with van der Waals surface area (Å²) in [5.74, 6) is 0.0286. The number of rotatable bonds is 1. The van der Waals surface area contributed by atoms with E-state index in [2.05, 4.69) is 11.4 Å². The van der Waals surface area contributed by atoms with Crippen LogP contribution >= 0.6 is 0 Å². The fraction of sp³-hybridized carbons (Fsp3) is 0.529. The van der Waals surface area contributed by atoms with Gasteiger partial charge in [0.05, 0.1) is 5.60 Å². The number of piperidine rings is 1. The summed E-state index contributed by atoms with van der Waals surface area (Å²) in [4.78, 5) is 25.7. The maximum atomic E-state index is 12.6. The van der Waals surface area contributed by atoms with Gasteiger partial charge >= 0.3 is 0 Å². The summed E-state index contributed by atoms with van der Waals surface area (Å²) in [5.41, 5.74) is 2.68. The minimum atomic E-state index is -0.285.